The quantitative estimate of drug-likeness (QED) is 0.353. The smallest absolute Gasteiger partial charge is 0.224 e. The van der Waals surface area contributed by atoms with E-state index in [9.17, 15) is 9.50 Å². The number of fused-ring (bicyclic) bond motifs is 1. The van der Waals surface area contributed by atoms with Crippen LogP contribution in [0.15, 0.2) is 60.8 Å². The minimum absolute atomic E-state index is 0.186. The molecule has 0 unspecified atom stereocenters. The number of anilines is 1. The molecule has 6 nitrogen and oxygen atoms in total. The maximum atomic E-state index is 13.5. The minimum atomic E-state index is -0.272. The second kappa shape index (κ2) is 10.3. The van der Waals surface area contributed by atoms with Crippen molar-refractivity contribution in [2.75, 3.05) is 11.9 Å². The second-order valence-corrected chi connectivity index (χ2v) is 9.16. The standard InChI is InChI=1S/C27H30FN5O/c28-22-12-10-21(11-13-22)25-24-17-30-27(29-16-4-7-19-5-2-1-3-6-19)31-26(24)33(32-25)18-20-8-14-23(34)15-9-20/h1-3,5-6,10-13,17,20,23,34H,4,7-9,14-16,18H2,(H,29,30,31)/t20-,23+. The first-order chi connectivity index (χ1) is 16.7. The van der Waals surface area contributed by atoms with Crippen LogP contribution in [-0.2, 0) is 13.0 Å². The van der Waals surface area contributed by atoms with Gasteiger partial charge in [0.05, 0.1) is 11.5 Å². The van der Waals surface area contributed by atoms with Gasteiger partial charge < -0.3 is 10.4 Å². The van der Waals surface area contributed by atoms with Crippen molar-refractivity contribution in [1.29, 1.82) is 0 Å². The van der Waals surface area contributed by atoms with E-state index in [0.717, 1.165) is 73.9 Å². The molecule has 1 aliphatic rings. The summed E-state index contributed by atoms with van der Waals surface area (Å²) in [4.78, 5) is 9.36. The Hall–Kier alpha value is -3.32. The van der Waals surface area contributed by atoms with Crippen LogP contribution in [0.2, 0.25) is 0 Å². The molecule has 1 fully saturated rings. The summed E-state index contributed by atoms with van der Waals surface area (Å²) in [5, 5.41) is 19.0. The summed E-state index contributed by atoms with van der Waals surface area (Å²) in [5.74, 6) is 0.766. The van der Waals surface area contributed by atoms with Gasteiger partial charge in [0.15, 0.2) is 5.65 Å². The fourth-order valence-electron chi connectivity index (χ4n) is 4.70. The number of aromatic nitrogens is 4. The lowest BCUT2D eigenvalue weighted by molar-refractivity contribution is 0.103. The van der Waals surface area contributed by atoms with Gasteiger partial charge in [-0.15, -0.1) is 0 Å². The minimum Gasteiger partial charge on any atom is -0.393 e. The van der Waals surface area contributed by atoms with Crippen molar-refractivity contribution < 1.29 is 9.50 Å². The normalized spacial score (nSPS) is 18.3. The maximum Gasteiger partial charge on any atom is 0.224 e. The van der Waals surface area contributed by atoms with E-state index in [4.69, 9.17) is 10.1 Å². The number of hydrogen-bond acceptors (Lipinski definition) is 5. The zero-order valence-electron chi connectivity index (χ0n) is 19.2. The lowest BCUT2D eigenvalue weighted by atomic mass is 9.87. The van der Waals surface area contributed by atoms with Gasteiger partial charge in [-0.05, 0) is 74.3 Å². The maximum absolute atomic E-state index is 13.5. The number of aliphatic hydroxyl groups is 1. The van der Waals surface area contributed by atoms with E-state index < -0.39 is 0 Å². The third-order valence-electron chi connectivity index (χ3n) is 6.62. The molecule has 0 spiro atoms. The Morgan fingerprint density at radius 3 is 2.53 bits per heavy atom. The summed E-state index contributed by atoms with van der Waals surface area (Å²) in [6, 6.07) is 16.8. The van der Waals surface area contributed by atoms with Crippen LogP contribution >= 0.6 is 0 Å². The molecule has 0 saturated heterocycles. The molecule has 1 saturated carbocycles. The third-order valence-corrected chi connectivity index (χ3v) is 6.62. The number of rotatable bonds is 8. The van der Waals surface area contributed by atoms with Gasteiger partial charge in [0.2, 0.25) is 5.95 Å². The van der Waals surface area contributed by atoms with Crippen molar-refractivity contribution in [1.82, 2.24) is 19.7 Å². The fourth-order valence-corrected chi connectivity index (χ4v) is 4.70. The zero-order valence-corrected chi connectivity index (χ0v) is 19.2. The molecule has 176 valence electrons. The highest BCUT2D eigenvalue weighted by molar-refractivity contribution is 5.91. The van der Waals surface area contributed by atoms with E-state index >= 15 is 0 Å². The average molecular weight is 460 g/mol. The molecule has 0 aliphatic heterocycles. The molecule has 2 aromatic heterocycles. The Labute approximate surface area is 198 Å². The third kappa shape index (κ3) is 5.25. The number of halogens is 1. The van der Waals surface area contributed by atoms with Crippen LogP contribution < -0.4 is 5.32 Å². The summed E-state index contributed by atoms with van der Waals surface area (Å²) in [7, 11) is 0. The van der Waals surface area contributed by atoms with Gasteiger partial charge in [-0.3, -0.25) is 0 Å². The Balaban J connectivity index is 1.37. The van der Waals surface area contributed by atoms with Crippen molar-refractivity contribution in [3.63, 3.8) is 0 Å². The highest BCUT2D eigenvalue weighted by atomic mass is 19.1. The molecule has 0 radical (unpaired) electrons. The molecule has 2 N–H and O–H groups in total. The van der Waals surface area contributed by atoms with Crippen molar-refractivity contribution in [3.05, 3.63) is 72.2 Å². The first kappa shape index (κ1) is 22.5. The molecule has 0 atom stereocenters. The van der Waals surface area contributed by atoms with Crippen LogP contribution in [-0.4, -0.2) is 37.5 Å². The lowest BCUT2D eigenvalue weighted by Crippen LogP contribution is -2.22. The molecule has 1 aliphatic carbocycles. The Bertz CT molecular complexity index is 1220. The monoisotopic (exact) mass is 459 g/mol. The van der Waals surface area contributed by atoms with E-state index in [2.05, 4.69) is 34.6 Å². The van der Waals surface area contributed by atoms with E-state index in [1.54, 1.807) is 12.1 Å². The highest BCUT2D eigenvalue weighted by Crippen LogP contribution is 2.30. The van der Waals surface area contributed by atoms with Gasteiger partial charge in [0.1, 0.15) is 11.5 Å². The number of hydrogen-bond donors (Lipinski definition) is 2. The van der Waals surface area contributed by atoms with E-state index in [1.807, 2.05) is 16.9 Å². The largest absolute Gasteiger partial charge is 0.393 e. The second-order valence-electron chi connectivity index (χ2n) is 9.16. The lowest BCUT2D eigenvalue weighted by Gasteiger charge is -2.25. The molecule has 0 amide bonds. The summed E-state index contributed by atoms with van der Waals surface area (Å²) >= 11 is 0. The Morgan fingerprint density at radius 2 is 1.76 bits per heavy atom. The zero-order chi connectivity index (χ0) is 23.3. The molecule has 2 aromatic carbocycles. The molecule has 2 heterocycles. The number of nitrogens with one attached hydrogen (secondary N) is 1. The van der Waals surface area contributed by atoms with Gasteiger partial charge in [-0.25, -0.2) is 14.1 Å². The van der Waals surface area contributed by atoms with Gasteiger partial charge in [0, 0.05) is 24.8 Å². The van der Waals surface area contributed by atoms with E-state index in [1.165, 1.54) is 17.7 Å². The Morgan fingerprint density at radius 1 is 1.00 bits per heavy atom. The summed E-state index contributed by atoms with van der Waals surface area (Å²) in [5.41, 5.74) is 3.71. The van der Waals surface area contributed by atoms with Crippen molar-refractivity contribution in [3.8, 4) is 11.3 Å². The first-order valence-corrected chi connectivity index (χ1v) is 12.1. The fraction of sp³-hybridized carbons (Fsp3) is 0.370. The van der Waals surface area contributed by atoms with Crippen molar-refractivity contribution in [2.45, 2.75) is 51.2 Å². The summed E-state index contributed by atoms with van der Waals surface area (Å²) in [6.45, 7) is 1.52. The number of nitrogens with zero attached hydrogens (tertiary/aromatic N) is 4. The predicted octanol–water partition coefficient (Wildman–Crippen LogP) is 5.23. The van der Waals surface area contributed by atoms with Crippen LogP contribution in [0, 0.1) is 11.7 Å². The highest BCUT2D eigenvalue weighted by Gasteiger charge is 2.22. The average Bonchev–Trinajstić information content (AvgIpc) is 3.22. The van der Waals surface area contributed by atoms with Crippen LogP contribution in [0.3, 0.4) is 0 Å². The van der Waals surface area contributed by atoms with Gasteiger partial charge in [0.25, 0.3) is 0 Å². The molecular weight excluding hydrogens is 429 g/mol. The van der Waals surface area contributed by atoms with Crippen LogP contribution in [0.1, 0.15) is 37.7 Å². The number of benzene rings is 2. The molecular formula is C27H30FN5O. The first-order valence-electron chi connectivity index (χ1n) is 12.1. The van der Waals surface area contributed by atoms with Gasteiger partial charge >= 0.3 is 0 Å². The van der Waals surface area contributed by atoms with Crippen molar-refractivity contribution >= 4 is 17.0 Å². The predicted molar refractivity (Wildman–Crippen MR) is 132 cm³/mol. The molecule has 7 heteroatoms. The Kier molecular flexibility index (Phi) is 6.81. The number of aliphatic hydroxyl groups excluding tert-OH is 1. The van der Waals surface area contributed by atoms with Crippen LogP contribution in [0.4, 0.5) is 10.3 Å². The molecule has 5 rings (SSSR count). The van der Waals surface area contributed by atoms with Crippen LogP contribution in [0.5, 0.6) is 0 Å². The van der Waals surface area contributed by atoms with Gasteiger partial charge in [-0.2, -0.15) is 10.1 Å². The molecule has 4 aromatic rings. The van der Waals surface area contributed by atoms with Crippen molar-refractivity contribution in [2.24, 2.45) is 5.92 Å². The summed E-state index contributed by atoms with van der Waals surface area (Å²) in [6.07, 6.45) is 7.22. The van der Waals surface area contributed by atoms with Gasteiger partial charge in [-0.1, -0.05) is 30.3 Å². The topological polar surface area (TPSA) is 75.9 Å². The molecule has 34 heavy (non-hydrogen) atoms. The summed E-state index contributed by atoms with van der Waals surface area (Å²) < 4.78 is 15.5. The SMILES string of the molecule is O[C@H]1CC[C@@H](Cn2nc(-c3ccc(F)cc3)c3cnc(NCCCc4ccccc4)nc32)CC1. The van der Waals surface area contributed by atoms with E-state index in [-0.39, 0.29) is 11.9 Å². The number of aryl methyl sites for hydroxylation is 1. The van der Waals surface area contributed by atoms with E-state index in [0.29, 0.717) is 11.9 Å². The van der Waals surface area contributed by atoms with Crippen LogP contribution in [0.25, 0.3) is 22.3 Å². The molecule has 0 bridgehead atoms.